The molecule has 1 aromatic heterocycles. The first kappa shape index (κ1) is 16.5. The molecule has 0 radical (unpaired) electrons. The van der Waals surface area contributed by atoms with Crippen LogP contribution in [0.2, 0.25) is 0 Å². The number of ether oxygens (including phenoxy) is 1. The fourth-order valence-electron chi connectivity index (χ4n) is 4.10. The van der Waals surface area contributed by atoms with Gasteiger partial charge in [0.2, 0.25) is 0 Å². The second kappa shape index (κ2) is 6.65. The number of hydrogen-bond donors (Lipinski definition) is 1. The number of piperazine rings is 1. The summed E-state index contributed by atoms with van der Waals surface area (Å²) in [5, 5.41) is 0. The van der Waals surface area contributed by atoms with Gasteiger partial charge >= 0.3 is 5.97 Å². The van der Waals surface area contributed by atoms with E-state index >= 15 is 0 Å². The topological polar surface area (TPSA) is 48.6 Å². The molecule has 0 saturated carbocycles. The highest BCUT2D eigenvalue weighted by atomic mass is 16.5. The van der Waals surface area contributed by atoms with E-state index in [-0.39, 0.29) is 5.97 Å². The number of rotatable bonds is 4. The van der Waals surface area contributed by atoms with E-state index in [1.165, 1.54) is 24.9 Å². The van der Waals surface area contributed by atoms with Crippen LogP contribution in [0, 0.1) is 13.8 Å². The number of carbonyl (C=O) groups is 1. The van der Waals surface area contributed by atoms with Crippen molar-refractivity contribution in [2.24, 2.45) is 0 Å². The molecular formula is C18H29N3O2. The van der Waals surface area contributed by atoms with Crippen molar-refractivity contribution in [1.82, 2.24) is 14.8 Å². The van der Waals surface area contributed by atoms with Crippen LogP contribution in [0.5, 0.6) is 0 Å². The number of esters is 1. The van der Waals surface area contributed by atoms with Gasteiger partial charge in [0.25, 0.3) is 0 Å². The van der Waals surface area contributed by atoms with Gasteiger partial charge in [-0.05, 0) is 58.2 Å². The van der Waals surface area contributed by atoms with E-state index in [0.717, 1.165) is 36.9 Å². The van der Waals surface area contributed by atoms with Gasteiger partial charge in [0.1, 0.15) is 5.69 Å². The predicted molar refractivity (Wildman–Crippen MR) is 90.7 cm³/mol. The van der Waals surface area contributed by atoms with E-state index in [1.54, 1.807) is 0 Å². The molecule has 0 aliphatic carbocycles. The van der Waals surface area contributed by atoms with Crippen LogP contribution in [0.25, 0.3) is 0 Å². The highest BCUT2D eigenvalue weighted by Crippen LogP contribution is 2.28. The van der Waals surface area contributed by atoms with Gasteiger partial charge in [-0.15, -0.1) is 0 Å². The highest BCUT2D eigenvalue weighted by molar-refractivity contribution is 5.89. The number of aromatic nitrogens is 1. The fraction of sp³-hybridized carbons (Fsp3) is 0.722. The summed E-state index contributed by atoms with van der Waals surface area (Å²) in [5.41, 5.74) is 4.01. The fourth-order valence-corrected chi connectivity index (χ4v) is 4.10. The minimum Gasteiger partial charge on any atom is -0.461 e. The van der Waals surface area contributed by atoms with Crippen LogP contribution in [0.3, 0.4) is 0 Å². The lowest BCUT2D eigenvalue weighted by molar-refractivity contribution is 0.0516. The molecule has 2 aliphatic heterocycles. The molecular weight excluding hydrogens is 290 g/mol. The number of hydrogen-bond acceptors (Lipinski definition) is 4. The number of nitrogens with one attached hydrogen (secondary N) is 1. The average Bonchev–Trinajstić information content (AvgIpc) is 3.06. The Bertz CT molecular complexity index is 581. The quantitative estimate of drug-likeness (QED) is 0.866. The maximum Gasteiger partial charge on any atom is 0.355 e. The van der Waals surface area contributed by atoms with Gasteiger partial charge in [-0.25, -0.2) is 4.79 Å². The zero-order chi connectivity index (χ0) is 16.6. The van der Waals surface area contributed by atoms with Gasteiger partial charge in [-0.3, -0.25) is 9.80 Å². The summed E-state index contributed by atoms with van der Waals surface area (Å²) in [7, 11) is 0. The molecule has 1 N–H and O–H groups in total. The Hall–Kier alpha value is -1.33. The molecule has 1 aromatic rings. The van der Waals surface area contributed by atoms with Crippen LogP contribution in [0.1, 0.15) is 54.0 Å². The van der Waals surface area contributed by atoms with E-state index < -0.39 is 0 Å². The lowest BCUT2D eigenvalue weighted by Gasteiger charge is -2.42. The number of H-pyrrole nitrogens is 1. The van der Waals surface area contributed by atoms with E-state index in [2.05, 4.69) is 28.6 Å². The zero-order valence-corrected chi connectivity index (χ0v) is 14.8. The number of nitrogens with zero attached hydrogens (tertiary/aromatic N) is 2. The van der Waals surface area contributed by atoms with Crippen molar-refractivity contribution in [2.45, 2.75) is 59.2 Å². The van der Waals surface area contributed by atoms with E-state index in [4.69, 9.17) is 4.74 Å². The summed E-state index contributed by atoms with van der Waals surface area (Å²) in [6.07, 6.45) is 2.66. The predicted octanol–water partition coefficient (Wildman–Crippen LogP) is 2.48. The Kier molecular flexibility index (Phi) is 4.78. The second-order valence-electron chi connectivity index (χ2n) is 7.02. The van der Waals surface area contributed by atoms with Crippen molar-refractivity contribution >= 4 is 5.97 Å². The third kappa shape index (κ3) is 3.17. The van der Waals surface area contributed by atoms with E-state index in [9.17, 15) is 4.79 Å². The summed E-state index contributed by atoms with van der Waals surface area (Å²) in [6, 6.07) is 1.28. The smallest absolute Gasteiger partial charge is 0.355 e. The molecule has 2 saturated heterocycles. The van der Waals surface area contributed by atoms with Gasteiger partial charge < -0.3 is 9.72 Å². The Morgan fingerprint density at radius 3 is 2.87 bits per heavy atom. The van der Waals surface area contributed by atoms with Crippen molar-refractivity contribution < 1.29 is 9.53 Å². The van der Waals surface area contributed by atoms with Crippen LogP contribution in [-0.4, -0.2) is 59.1 Å². The number of fused-ring (bicyclic) bond motifs is 1. The highest BCUT2D eigenvalue weighted by Gasteiger charge is 2.34. The lowest BCUT2D eigenvalue weighted by atomic mass is 10.0. The number of carbonyl (C=O) groups excluding carboxylic acids is 1. The summed E-state index contributed by atoms with van der Waals surface area (Å²) in [6.45, 7) is 13.1. The molecule has 0 amide bonds. The largest absolute Gasteiger partial charge is 0.461 e. The molecule has 0 spiro atoms. The average molecular weight is 319 g/mol. The number of aryl methyl sites for hydroxylation is 1. The first-order valence-corrected chi connectivity index (χ1v) is 8.84. The third-order valence-corrected chi connectivity index (χ3v) is 5.50. The molecule has 5 nitrogen and oxygen atoms in total. The third-order valence-electron chi connectivity index (χ3n) is 5.50. The summed E-state index contributed by atoms with van der Waals surface area (Å²) in [5.74, 6) is -0.243. The van der Waals surface area contributed by atoms with Crippen LogP contribution in [0.15, 0.2) is 0 Å². The lowest BCUT2D eigenvalue weighted by Crippen LogP contribution is -2.54. The molecule has 3 rings (SSSR count). The molecule has 0 bridgehead atoms. The zero-order valence-electron chi connectivity index (χ0n) is 14.8. The summed E-state index contributed by atoms with van der Waals surface area (Å²) >= 11 is 0. The molecule has 2 fully saturated rings. The molecule has 0 aromatic carbocycles. The Balaban J connectivity index is 1.76. The number of aromatic amines is 1. The first-order valence-electron chi connectivity index (χ1n) is 8.84. The van der Waals surface area contributed by atoms with Crippen molar-refractivity contribution in [2.75, 3.05) is 26.2 Å². The standard InChI is InChI=1S/C18H29N3O2/c1-5-23-18(22)17-13(3)16(14(4)19-17)11-21-10-15-7-6-8-20(15)9-12(21)2/h12,15,19H,5-11H2,1-4H3/t12-,15?/m1/s1. The van der Waals surface area contributed by atoms with Gasteiger partial charge in [-0.2, -0.15) is 0 Å². The molecule has 2 atom stereocenters. The first-order chi connectivity index (χ1) is 11.0. The second-order valence-corrected chi connectivity index (χ2v) is 7.02. The molecule has 1 unspecified atom stereocenters. The van der Waals surface area contributed by atoms with Crippen LogP contribution < -0.4 is 0 Å². The van der Waals surface area contributed by atoms with Gasteiger partial charge in [0.05, 0.1) is 6.61 Å². The van der Waals surface area contributed by atoms with Crippen molar-refractivity contribution in [3.05, 3.63) is 22.5 Å². The monoisotopic (exact) mass is 319 g/mol. The van der Waals surface area contributed by atoms with Gasteiger partial charge in [-0.1, -0.05) is 0 Å². The SMILES string of the molecule is CCOC(=O)c1[nH]c(C)c(CN2CC3CCCN3C[C@H]2C)c1C. The van der Waals surface area contributed by atoms with Crippen LogP contribution in [-0.2, 0) is 11.3 Å². The molecule has 128 valence electrons. The van der Waals surface area contributed by atoms with Crippen molar-refractivity contribution in [3.63, 3.8) is 0 Å². The molecule has 3 heterocycles. The summed E-state index contributed by atoms with van der Waals surface area (Å²) in [4.78, 5) is 20.5. The van der Waals surface area contributed by atoms with E-state index in [1.807, 2.05) is 13.8 Å². The van der Waals surface area contributed by atoms with E-state index in [0.29, 0.717) is 18.3 Å². The Labute approximate surface area is 139 Å². The van der Waals surface area contributed by atoms with Gasteiger partial charge in [0.15, 0.2) is 0 Å². The van der Waals surface area contributed by atoms with Crippen molar-refractivity contribution in [1.29, 1.82) is 0 Å². The maximum absolute atomic E-state index is 12.1. The van der Waals surface area contributed by atoms with Gasteiger partial charge in [0, 0.05) is 37.4 Å². The van der Waals surface area contributed by atoms with Crippen LogP contribution in [0.4, 0.5) is 0 Å². The Morgan fingerprint density at radius 2 is 2.13 bits per heavy atom. The Morgan fingerprint density at radius 1 is 1.35 bits per heavy atom. The molecule has 23 heavy (non-hydrogen) atoms. The molecule has 2 aliphatic rings. The van der Waals surface area contributed by atoms with Crippen LogP contribution >= 0.6 is 0 Å². The minimum absolute atomic E-state index is 0.243. The maximum atomic E-state index is 12.1. The van der Waals surface area contributed by atoms with Crippen molar-refractivity contribution in [3.8, 4) is 0 Å². The molecule has 5 heteroatoms. The summed E-state index contributed by atoms with van der Waals surface area (Å²) < 4.78 is 5.15. The normalized spacial score (nSPS) is 25.6. The minimum atomic E-state index is -0.243.